The van der Waals surface area contributed by atoms with Crippen LogP contribution in [0.1, 0.15) is 13.3 Å². The molecule has 3 heteroatoms. The molecule has 3 nitrogen and oxygen atoms in total. The van der Waals surface area contributed by atoms with Crippen LogP contribution in [0.5, 0.6) is 0 Å². The topological polar surface area (TPSA) is 36.3 Å². The van der Waals surface area contributed by atoms with Crippen LogP contribution in [-0.4, -0.2) is 37.2 Å². The van der Waals surface area contributed by atoms with Gasteiger partial charge in [0.25, 0.3) is 0 Å². The molecular weight excluding hydrogens is 200 g/mol. The third-order valence-corrected chi connectivity index (χ3v) is 3.09. The number of hydrogen-bond acceptors (Lipinski definition) is 3. The van der Waals surface area contributed by atoms with Crippen molar-refractivity contribution in [2.45, 2.75) is 19.4 Å². The number of rotatable bonds is 2. The Balaban J connectivity index is 1.86. The molecule has 0 aromatic heterocycles. The molecule has 2 atom stereocenters. The van der Waals surface area contributed by atoms with Crippen LogP contribution in [0, 0.1) is 17.2 Å². The lowest BCUT2D eigenvalue weighted by Gasteiger charge is -2.30. The molecule has 1 saturated heterocycles. The number of hydrogen-bond donors (Lipinski definition) is 0. The summed E-state index contributed by atoms with van der Waals surface area (Å²) >= 11 is 0. The fourth-order valence-corrected chi connectivity index (χ4v) is 2.07. The van der Waals surface area contributed by atoms with Crippen molar-refractivity contribution >= 4 is 0 Å². The van der Waals surface area contributed by atoms with Crippen molar-refractivity contribution in [1.29, 1.82) is 5.26 Å². The summed E-state index contributed by atoms with van der Waals surface area (Å²) in [6.07, 6.45) is 7.67. The van der Waals surface area contributed by atoms with Gasteiger partial charge in [-0.2, -0.15) is 5.26 Å². The molecule has 1 fully saturated rings. The Bertz CT molecular complexity index is 340. The highest BCUT2D eigenvalue weighted by atomic mass is 16.5. The largest absolute Gasteiger partial charge is 0.361 e. The number of ether oxygens (including phenoxy) is 1. The Kier molecular flexibility index (Phi) is 3.76. The highest BCUT2D eigenvalue weighted by Crippen LogP contribution is 2.17. The first-order valence-electron chi connectivity index (χ1n) is 5.89. The van der Waals surface area contributed by atoms with Crippen molar-refractivity contribution in [3.63, 3.8) is 0 Å². The second-order valence-corrected chi connectivity index (χ2v) is 4.57. The van der Waals surface area contributed by atoms with Gasteiger partial charge in [0.05, 0.1) is 12.7 Å². The summed E-state index contributed by atoms with van der Waals surface area (Å²) in [7, 11) is 0. The Morgan fingerprint density at radius 3 is 3.19 bits per heavy atom. The molecule has 2 unspecified atom stereocenters. The molecule has 0 bridgehead atoms. The van der Waals surface area contributed by atoms with Gasteiger partial charge in [-0.05, 0) is 17.9 Å². The molecule has 0 aromatic carbocycles. The molecule has 86 valence electrons. The Morgan fingerprint density at radius 1 is 1.62 bits per heavy atom. The summed E-state index contributed by atoms with van der Waals surface area (Å²) in [6, 6.07) is 2.18. The number of nitriles is 1. The standard InChI is InChI=1S/C13H18N2O/c1-11-2-4-12(5-3-11)9-15-6-7-16-13(8-14)10-15/h2,4-5,11,13H,3,6-7,9-10H2,1H3. The summed E-state index contributed by atoms with van der Waals surface area (Å²) in [6.45, 7) is 5.51. The first-order valence-corrected chi connectivity index (χ1v) is 5.89. The molecule has 2 aliphatic rings. The number of morpholine rings is 1. The predicted molar refractivity (Wildman–Crippen MR) is 62.8 cm³/mol. The maximum Gasteiger partial charge on any atom is 0.156 e. The smallest absolute Gasteiger partial charge is 0.156 e. The Morgan fingerprint density at radius 2 is 2.50 bits per heavy atom. The number of nitrogens with zero attached hydrogens (tertiary/aromatic N) is 2. The molecule has 0 N–H and O–H groups in total. The average Bonchev–Trinajstić information content (AvgIpc) is 2.32. The van der Waals surface area contributed by atoms with Crippen LogP contribution in [0.4, 0.5) is 0 Å². The van der Waals surface area contributed by atoms with E-state index in [1.165, 1.54) is 5.57 Å². The van der Waals surface area contributed by atoms with Gasteiger partial charge in [-0.15, -0.1) is 0 Å². The van der Waals surface area contributed by atoms with Crippen LogP contribution in [0.25, 0.3) is 0 Å². The van der Waals surface area contributed by atoms with E-state index in [4.69, 9.17) is 10.00 Å². The molecule has 0 aromatic rings. The highest BCUT2D eigenvalue weighted by molar-refractivity contribution is 5.25. The van der Waals surface area contributed by atoms with Gasteiger partial charge in [0.2, 0.25) is 0 Å². The average molecular weight is 218 g/mol. The summed E-state index contributed by atoms with van der Waals surface area (Å²) in [5, 5.41) is 8.82. The van der Waals surface area contributed by atoms with Crippen LogP contribution < -0.4 is 0 Å². The summed E-state index contributed by atoms with van der Waals surface area (Å²) in [5.41, 5.74) is 1.37. The minimum absolute atomic E-state index is 0.249. The molecule has 0 spiro atoms. The van der Waals surface area contributed by atoms with Crippen LogP contribution in [0.3, 0.4) is 0 Å². The van der Waals surface area contributed by atoms with Gasteiger partial charge >= 0.3 is 0 Å². The van der Waals surface area contributed by atoms with Gasteiger partial charge in [-0.25, -0.2) is 0 Å². The van der Waals surface area contributed by atoms with Crippen LogP contribution in [0.2, 0.25) is 0 Å². The van der Waals surface area contributed by atoms with Gasteiger partial charge in [0.1, 0.15) is 0 Å². The van der Waals surface area contributed by atoms with Crippen LogP contribution in [0.15, 0.2) is 23.8 Å². The molecule has 1 heterocycles. The molecule has 2 rings (SSSR count). The third-order valence-electron chi connectivity index (χ3n) is 3.09. The zero-order chi connectivity index (χ0) is 11.4. The molecule has 1 aliphatic heterocycles. The monoisotopic (exact) mass is 218 g/mol. The van der Waals surface area contributed by atoms with Crippen LogP contribution >= 0.6 is 0 Å². The Labute approximate surface area is 97.0 Å². The molecule has 0 amide bonds. The Hall–Kier alpha value is -1.11. The first kappa shape index (κ1) is 11.4. The van der Waals surface area contributed by atoms with Gasteiger partial charge in [-0.3, -0.25) is 4.90 Å². The quantitative estimate of drug-likeness (QED) is 0.708. The van der Waals surface area contributed by atoms with E-state index in [-0.39, 0.29) is 6.10 Å². The molecule has 0 saturated carbocycles. The van der Waals surface area contributed by atoms with E-state index in [1.807, 2.05) is 0 Å². The van der Waals surface area contributed by atoms with E-state index in [0.29, 0.717) is 12.5 Å². The van der Waals surface area contributed by atoms with Gasteiger partial charge in [0.15, 0.2) is 6.10 Å². The lowest BCUT2D eigenvalue weighted by molar-refractivity contribution is 0.00443. The predicted octanol–water partition coefficient (Wildman–Crippen LogP) is 1.73. The zero-order valence-electron chi connectivity index (χ0n) is 9.72. The van der Waals surface area contributed by atoms with E-state index in [9.17, 15) is 0 Å². The lowest BCUT2D eigenvalue weighted by Crippen LogP contribution is -2.42. The summed E-state index contributed by atoms with van der Waals surface area (Å²) in [4.78, 5) is 2.30. The minimum Gasteiger partial charge on any atom is -0.361 e. The SMILES string of the molecule is CC1C=CC(CN2CCOC(C#N)C2)=CC1. The maximum absolute atomic E-state index is 8.82. The van der Waals surface area contributed by atoms with Crippen molar-refractivity contribution in [3.05, 3.63) is 23.8 Å². The van der Waals surface area contributed by atoms with Crippen LogP contribution in [-0.2, 0) is 4.74 Å². The first-order chi connectivity index (χ1) is 7.78. The van der Waals surface area contributed by atoms with Crippen molar-refractivity contribution < 1.29 is 4.74 Å². The van der Waals surface area contributed by atoms with Crippen molar-refractivity contribution in [1.82, 2.24) is 4.90 Å². The maximum atomic E-state index is 8.82. The van der Waals surface area contributed by atoms with Crippen molar-refractivity contribution in [2.24, 2.45) is 5.92 Å². The minimum atomic E-state index is -0.249. The summed E-state index contributed by atoms with van der Waals surface area (Å²) in [5.74, 6) is 0.667. The summed E-state index contributed by atoms with van der Waals surface area (Å²) < 4.78 is 5.32. The van der Waals surface area contributed by atoms with Gasteiger partial charge in [0, 0.05) is 19.6 Å². The van der Waals surface area contributed by atoms with E-state index in [1.54, 1.807) is 0 Å². The second kappa shape index (κ2) is 5.29. The normalized spacial score (nSPS) is 30.9. The number of allylic oxidation sites excluding steroid dienone is 2. The second-order valence-electron chi connectivity index (χ2n) is 4.57. The fraction of sp³-hybridized carbons (Fsp3) is 0.615. The van der Waals surface area contributed by atoms with E-state index in [0.717, 1.165) is 26.1 Å². The van der Waals surface area contributed by atoms with E-state index in [2.05, 4.69) is 36.1 Å². The highest BCUT2D eigenvalue weighted by Gasteiger charge is 2.20. The molecular formula is C13H18N2O. The van der Waals surface area contributed by atoms with Gasteiger partial charge in [-0.1, -0.05) is 25.2 Å². The zero-order valence-corrected chi connectivity index (χ0v) is 9.72. The fourth-order valence-electron chi connectivity index (χ4n) is 2.07. The van der Waals surface area contributed by atoms with Gasteiger partial charge < -0.3 is 4.74 Å². The lowest BCUT2D eigenvalue weighted by atomic mass is 9.98. The van der Waals surface area contributed by atoms with E-state index >= 15 is 0 Å². The van der Waals surface area contributed by atoms with E-state index < -0.39 is 0 Å². The molecule has 0 radical (unpaired) electrons. The van der Waals surface area contributed by atoms with Crippen molar-refractivity contribution in [3.8, 4) is 6.07 Å². The van der Waals surface area contributed by atoms with Crippen molar-refractivity contribution in [2.75, 3.05) is 26.2 Å². The molecule has 16 heavy (non-hydrogen) atoms. The third kappa shape index (κ3) is 2.94. The molecule has 1 aliphatic carbocycles.